The molecule has 1 fully saturated rings. The molecule has 21 heavy (non-hydrogen) atoms. The predicted octanol–water partition coefficient (Wildman–Crippen LogP) is 0.565. The molecule has 0 bridgehead atoms. The maximum atomic E-state index is 12.4. The van der Waals surface area contributed by atoms with Crippen molar-refractivity contribution in [3.63, 3.8) is 0 Å². The zero-order valence-corrected chi connectivity index (χ0v) is 13.0. The molecule has 0 radical (unpaired) electrons. The average Bonchev–Trinajstić information content (AvgIpc) is 2.45. The van der Waals surface area contributed by atoms with Crippen molar-refractivity contribution in [1.29, 1.82) is 0 Å². The first-order chi connectivity index (χ1) is 9.96. The zero-order valence-electron chi connectivity index (χ0n) is 11.4. The zero-order chi connectivity index (χ0) is 15.6. The molecule has 0 aliphatic carbocycles. The molecule has 0 unspecified atom stereocenters. The molecule has 1 aliphatic heterocycles. The topological polar surface area (TPSA) is 84.9 Å². The number of nitrogens with one attached hydrogen (secondary N) is 1. The number of piperazine rings is 1. The molecular weight excluding hydrogens is 344 g/mol. The Kier molecular flexibility index (Phi) is 4.46. The van der Waals surface area contributed by atoms with Gasteiger partial charge in [0.15, 0.2) is 0 Å². The van der Waals surface area contributed by atoms with E-state index in [2.05, 4.69) is 21.2 Å². The van der Waals surface area contributed by atoms with Crippen LogP contribution in [-0.4, -0.2) is 49.9 Å². The van der Waals surface area contributed by atoms with Gasteiger partial charge in [0.05, 0.1) is 14.2 Å². The third-order valence-electron chi connectivity index (χ3n) is 2.93. The Morgan fingerprint density at radius 1 is 1.14 bits per heavy atom. The van der Waals surface area contributed by atoms with Gasteiger partial charge in [-0.2, -0.15) is 0 Å². The number of carbonyl (C=O) groups excluding carboxylic acids is 3. The first-order valence-corrected chi connectivity index (χ1v) is 6.79. The minimum absolute atomic E-state index is 0.161. The predicted molar refractivity (Wildman–Crippen MR) is 76.3 cm³/mol. The Hall–Kier alpha value is -2.09. The first kappa shape index (κ1) is 15.3. The molecule has 0 spiro atoms. The van der Waals surface area contributed by atoms with Crippen molar-refractivity contribution < 1.29 is 23.9 Å². The highest BCUT2D eigenvalue weighted by Crippen LogP contribution is 2.35. The number of rotatable bonds is 3. The van der Waals surface area contributed by atoms with E-state index in [1.165, 1.54) is 31.3 Å². The van der Waals surface area contributed by atoms with Crippen LogP contribution in [0.1, 0.15) is 10.4 Å². The van der Waals surface area contributed by atoms with E-state index in [0.29, 0.717) is 16.0 Å². The van der Waals surface area contributed by atoms with Gasteiger partial charge >= 0.3 is 0 Å². The minimum atomic E-state index is -0.504. The number of hydrogen-bond acceptors (Lipinski definition) is 5. The van der Waals surface area contributed by atoms with Crippen molar-refractivity contribution in [2.45, 2.75) is 0 Å². The van der Waals surface area contributed by atoms with Gasteiger partial charge in [-0.3, -0.25) is 19.7 Å². The summed E-state index contributed by atoms with van der Waals surface area (Å²) in [5.41, 5.74) is 0.273. The summed E-state index contributed by atoms with van der Waals surface area (Å²) in [7, 11) is 2.93. The number of halogens is 1. The van der Waals surface area contributed by atoms with Gasteiger partial charge in [0, 0.05) is 5.56 Å². The molecule has 1 heterocycles. The molecule has 1 saturated heterocycles. The Morgan fingerprint density at radius 2 is 1.62 bits per heavy atom. The molecule has 1 aliphatic rings. The maximum Gasteiger partial charge on any atom is 0.255 e. The van der Waals surface area contributed by atoms with Gasteiger partial charge in [0.25, 0.3) is 5.91 Å². The van der Waals surface area contributed by atoms with Gasteiger partial charge in [0.2, 0.25) is 11.8 Å². The Balaban J connectivity index is 2.34. The van der Waals surface area contributed by atoms with E-state index < -0.39 is 17.7 Å². The van der Waals surface area contributed by atoms with Crippen LogP contribution in [-0.2, 0) is 9.59 Å². The number of nitrogens with zero attached hydrogens (tertiary/aromatic N) is 1. The summed E-state index contributed by atoms with van der Waals surface area (Å²) in [4.78, 5) is 36.3. The normalized spacial score (nSPS) is 14.7. The molecular formula is C13H13BrN2O5. The van der Waals surface area contributed by atoms with Crippen LogP contribution in [0.25, 0.3) is 0 Å². The smallest absolute Gasteiger partial charge is 0.255 e. The van der Waals surface area contributed by atoms with Crippen LogP contribution in [0.5, 0.6) is 11.5 Å². The van der Waals surface area contributed by atoms with Crippen molar-refractivity contribution in [3.8, 4) is 11.5 Å². The molecule has 1 aromatic carbocycles. The molecule has 2 rings (SSSR count). The second-order valence-corrected chi connectivity index (χ2v) is 5.12. The fourth-order valence-corrected chi connectivity index (χ4v) is 2.51. The van der Waals surface area contributed by atoms with Gasteiger partial charge < -0.3 is 14.4 Å². The Labute approximate surface area is 129 Å². The van der Waals surface area contributed by atoms with Crippen molar-refractivity contribution in [1.82, 2.24) is 10.2 Å². The third-order valence-corrected chi connectivity index (χ3v) is 3.71. The van der Waals surface area contributed by atoms with Crippen molar-refractivity contribution in [3.05, 3.63) is 22.2 Å². The van der Waals surface area contributed by atoms with Crippen LogP contribution >= 0.6 is 15.9 Å². The van der Waals surface area contributed by atoms with E-state index in [9.17, 15) is 14.4 Å². The first-order valence-electron chi connectivity index (χ1n) is 5.99. The third kappa shape index (κ3) is 3.15. The number of carbonyl (C=O) groups is 3. The SMILES string of the molecule is COc1cc(C(=O)N2CC(=O)NC(=O)C2)cc(OC)c1Br. The van der Waals surface area contributed by atoms with Crippen LogP contribution in [0.2, 0.25) is 0 Å². The molecule has 1 N–H and O–H groups in total. The summed E-state index contributed by atoms with van der Waals surface area (Å²) < 4.78 is 10.9. The number of ether oxygens (including phenoxy) is 2. The highest BCUT2D eigenvalue weighted by molar-refractivity contribution is 9.10. The lowest BCUT2D eigenvalue weighted by atomic mass is 10.1. The summed E-state index contributed by atoms with van der Waals surface area (Å²) in [5.74, 6) is -0.607. The highest BCUT2D eigenvalue weighted by atomic mass is 79.9. The second-order valence-electron chi connectivity index (χ2n) is 4.33. The van der Waals surface area contributed by atoms with Crippen LogP contribution in [0.3, 0.4) is 0 Å². The van der Waals surface area contributed by atoms with Gasteiger partial charge in [-0.15, -0.1) is 0 Å². The van der Waals surface area contributed by atoms with Crippen LogP contribution < -0.4 is 14.8 Å². The summed E-state index contributed by atoms with van der Waals surface area (Å²) in [6.07, 6.45) is 0. The summed E-state index contributed by atoms with van der Waals surface area (Å²) in [5, 5.41) is 2.14. The van der Waals surface area contributed by atoms with Crippen molar-refractivity contribution >= 4 is 33.7 Å². The molecule has 7 nitrogen and oxygen atoms in total. The van der Waals surface area contributed by atoms with Gasteiger partial charge in [-0.05, 0) is 28.1 Å². The molecule has 0 atom stereocenters. The lowest BCUT2D eigenvalue weighted by molar-refractivity contribution is -0.135. The number of benzene rings is 1. The number of hydrogen-bond donors (Lipinski definition) is 1. The standard InChI is InChI=1S/C13H13BrN2O5/c1-20-8-3-7(4-9(21-2)12(8)14)13(19)16-5-10(17)15-11(18)6-16/h3-4H,5-6H2,1-2H3,(H,15,17,18). The van der Waals surface area contributed by atoms with Gasteiger partial charge in [0.1, 0.15) is 29.1 Å². The van der Waals surface area contributed by atoms with E-state index in [1.54, 1.807) is 0 Å². The molecule has 1 aromatic rings. The van der Waals surface area contributed by atoms with E-state index in [0.717, 1.165) is 0 Å². The second kappa shape index (κ2) is 6.13. The molecule has 0 saturated carbocycles. The number of amides is 3. The molecule has 3 amide bonds. The van der Waals surface area contributed by atoms with Crippen molar-refractivity contribution in [2.24, 2.45) is 0 Å². The van der Waals surface area contributed by atoms with Crippen LogP contribution in [0, 0.1) is 0 Å². The fraction of sp³-hybridized carbons (Fsp3) is 0.308. The maximum absolute atomic E-state index is 12.4. The largest absolute Gasteiger partial charge is 0.495 e. The van der Waals surface area contributed by atoms with Crippen LogP contribution in [0.15, 0.2) is 16.6 Å². The van der Waals surface area contributed by atoms with Gasteiger partial charge in [-0.25, -0.2) is 0 Å². The lowest BCUT2D eigenvalue weighted by Crippen LogP contribution is -2.53. The van der Waals surface area contributed by atoms with Gasteiger partial charge in [-0.1, -0.05) is 0 Å². The summed E-state index contributed by atoms with van der Waals surface area (Å²) in [6, 6.07) is 3.04. The summed E-state index contributed by atoms with van der Waals surface area (Å²) >= 11 is 3.31. The minimum Gasteiger partial charge on any atom is -0.495 e. The fourth-order valence-electron chi connectivity index (χ4n) is 1.96. The van der Waals surface area contributed by atoms with E-state index in [4.69, 9.17) is 9.47 Å². The molecule has 8 heteroatoms. The summed E-state index contributed by atoms with van der Waals surface area (Å²) in [6.45, 7) is -0.323. The lowest BCUT2D eigenvalue weighted by Gasteiger charge is -2.25. The monoisotopic (exact) mass is 356 g/mol. The average molecular weight is 357 g/mol. The number of methoxy groups -OCH3 is 2. The van der Waals surface area contributed by atoms with Crippen molar-refractivity contribution in [2.75, 3.05) is 27.3 Å². The van der Waals surface area contributed by atoms with Crippen LogP contribution in [0.4, 0.5) is 0 Å². The van der Waals surface area contributed by atoms with E-state index >= 15 is 0 Å². The number of imide groups is 1. The quantitative estimate of drug-likeness (QED) is 0.800. The Bertz CT molecular complexity index is 576. The van der Waals surface area contributed by atoms with E-state index in [1.807, 2.05) is 0 Å². The molecule has 112 valence electrons. The highest BCUT2D eigenvalue weighted by Gasteiger charge is 2.28. The van der Waals surface area contributed by atoms with E-state index in [-0.39, 0.29) is 18.7 Å². The Morgan fingerprint density at radius 3 is 2.05 bits per heavy atom. The molecule has 0 aromatic heterocycles.